The van der Waals surface area contributed by atoms with Gasteiger partial charge in [0.05, 0.1) is 3.79 Å². The number of nitrogens with zero attached hydrogens (tertiary/aromatic N) is 1. The first-order chi connectivity index (χ1) is 6.08. The lowest BCUT2D eigenvalue weighted by Gasteiger charge is -2.14. The van der Waals surface area contributed by atoms with E-state index in [1.165, 1.54) is 14.2 Å². The molecule has 1 rings (SSSR count). The molecule has 0 saturated heterocycles. The summed E-state index contributed by atoms with van der Waals surface area (Å²) >= 11 is 5.24. The molecule has 72 valence electrons. The second kappa shape index (κ2) is 4.94. The summed E-state index contributed by atoms with van der Waals surface area (Å²) in [5.74, 6) is 0. The summed E-state index contributed by atoms with van der Waals surface area (Å²) in [6.45, 7) is 7.92. The first-order valence-electron chi connectivity index (χ1n) is 4.15. The minimum Gasteiger partial charge on any atom is -0.297 e. The van der Waals surface area contributed by atoms with E-state index in [2.05, 4.69) is 53.5 Å². The van der Waals surface area contributed by atoms with Gasteiger partial charge in [0.2, 0.25) is 0 Å². The van der Waals surface area contributed by atoms with Crippen LogP contribution in [0.1, 0.15) is 11.8 Å². The Hall–Kier alpha value is -0.120. The molecule has 0 N–H and O–H groups in total. The summed E-state index contributed by atoms with van der Waals surface area (Å²) in [5.41, 5.74) is 1.21. The van der Waals surface area contributed by atoms with Crippen molar-refractivity contribution in [2.24, 2.45) is 0 Å². The quantitative estimate of drug-likeness (QED) is 0.749. The Labute approximate surface area is 92.2 Å². The lowest BCUT2D eigenvalue weighted by atomic mass is 10.3. The Bertz CT molecular complexity index is 293. The topological polar surface area (TPSA) is 3.24 Å². The van der Waals surface area contributed by atoms with Crippen molar-refractivity contribution in [3.05, 3.63) is 32.9 Å². The van der Waals surface area contributed by atoms with Crippen LogP contribution in [0.3, 0.4) is 0 Å². The van der Waals surface area contributed by atoms with Gasteiger partial charge in [-0.3, -0.25) is 4.90 Å². The summed E-state index contributed by atoms with van der Waals surface area (Å²) in [6.07, 6.45) is 0. The smallest absolute Gasteiger partial charge is 0.0701 e. The zero-order valence-electron chi connectivity index (χ0n) is 8.01. The van der Waals surface area contributed by atoms with Crippen molar-refractivity contribution in [2.75, 3.05) is 13.6 Å². The van der Waals surface area contributed by atoms with Crippen LogP contribution in [0, 0.1) is 0 Å². The molecule has 0 aromatic carbocycles. The van der Waals surface area contributed by atoms with Gasteiger partial charge < -0.3 is 0 Å². The van der Waals surface area contributed by atoms with Gasteiger partial charge in [-0.25, -0.2) is 0 Å². The number of halogens is 1. The third-order valence-corrected chi connectivity index (χ3v) is 3.20. The highest BCUT2D eigenvalue weighted by Gasteiger charge is 2.02. The van der Waals surface area contributed by atoms with Gasteiger partial charge in [0, 0.05) is 18.0 Å². The van der Waals surface area contributed by atoms with E-state index in [0.717, 1.165) is 13.1 Å². The number of thiophene rings is 1. The second-order valence-electron chi connectivity index (χ2n) is 3.34. The molecule has 1 aromatic rings. The van der Waals surface area contributed by atoms with E-state index in [9.17, 15) is 0 Å². The minimum absolute atomic E-state index is 0.968. The van der Waals surface area contributed by atoms with Crippen LogP contribution in [-0.4, -0.2) is 18.5 Å². The molecule has 0 spiro atoms. The third-order valence-electron chi connectivity index (χ3n) is 1.59. The summed E-state index contributed by atoms with van der Waals surface area (Å²) < 4.78 is 1.20. The number of hydrogen-bond acceptors (Lipinski definition) is 2. The van der Waals surface area contributed by atoms with E-state index in [1.54, 1.807) is 11.3 Å². The number of likely N-dealkylation sites (N-methyl/N-ethyl adjacent to an activating group) is 1. The Morgan fingerprint density at radius 2 is 2.31 bits per heavy atom. The average molecular weight is 260 g/mol. The maximum Gasteiger partial charge on any atom is 0.0701 e. The van der Waals surface area contributed by atoms with Crippen LogP contribution in [0.25, 0.3) is 0 Å². The zero-order valence-corrected chi connectivity index (χ0v) is 10.4. The highest BCUT2D eigenvalue weighted by atomic mass is 79.9. The van der Waals surface area contributed by atoms with Crippen LogP contribution in [-0.2, 0) is 6.54 Å². The summed E-state index contributed by atoms with van der Waals surface area (Å²) in [5, 5.41) is 0. The largest absolute Gasteiger partial charge is 0.297 e. The number of rotatable bonds is 4. The molecule has 1 heterocycles. The van der Waals surface area contributed by atoms with Gasteiger partial charge in [0.25, 0.3) is 0 Å². The standard InChI is InChI=1S/C10H14BrNS/c1-8(2)6-12(3)7-9-4-5-10(11)13-9/h4-5H,1,6-7H2,2-3H3. The summed E-state index contributed by atoms with van der Waals surface area (Å²) in [4.78, 5) is 3.65. The highest BCUT2D eigenvalue weighted by Crippen LogP contribution is 2.22. The maximum atomic E-state index is 3.89. The predicted molar refractivity (Wildman–Crippen MR) is 63.2 cm³/mol. The molecular formula is C10H14BrNS. The van der Waals surface area contributed by atoms with Crippen molar-refractivity contribution < 1.29 is 0 Å². The van der Waals surface area contributed by atoms with E-state index in [4.69, 9.17) is 0 Å². The molecule has 0 aliphatic rings. The fourth-order valence-electron chi connectivity index (χ4n) is 1.22. The van der Waals surface area contributed by atoms with Gasteiger partial charge in [0.15, 0.2) is 0 Å². The molecule has 0 saturated carbocycles. The van der Waals surface area contributed by atoms with Crippen molar-refractivity contribution in [3.63, 3.8) is 0 Å². The molecular weight excluding hydrogens is 246 g/mol. The van der Waals surface area contributed by atoms with Crippen LogP contribution >= 0.6 is 27.3 Å². The van der Waals surface area contributed by atoms with E-state index < -0.39 is 0 Å². The minimum atomic E-state index is 0.968. The average Bonchev–Trinajstić information content (AvgIpc) is 2.33. The van der Waals surface area contributed by atoms with E-state index in [0.29, 0.717) is 0 Å². The molecule has 1 nitrogen and oxygen atoms in total. The first kappa shape index (κ1) is 11.0. The van der Waals surface area contributed by atoms with Gasteiger partial charge in [-0.15, -0.1) is 11.3 Å². The van der Waals surface area contributed by atoms with Gasteiger partial charge in [-0.1, -0.05) is 12.2 Å². The normalized spacial score (nSPS) is 10.8. The third kappa shape index (κ3) is 4.07. The molecule has 0 aliphatic heterocycles. The molecule has 0 bridgehead atoms. The highest BCUT2D eigenvalue weighted by molar-refractivity contribution is 9.11. The van der Waals surface area contributed by atoms with Gasteiger partial charge >= 0.3 is 0 Å². The van der Waals surface area contributed by atoms with Crippen molar-refractivity contribution in [1.82, 2.24) is 4.90 Å². The maximum absolute atomic E-state index is 3.89. The molecule has 3 heteroatoms. The van der Waals surface area contributed by atoms with Crippen molar-refractivity contribution in [3.8, 4) is 0 Å². The van der Waals surface area contributed by atoms with Crippen LogP contribution < -0.4 is 0 Å². The van der Waals surface area contributed by atoms with Crippen molar-refractivity contribution in [1.29, 1.82) is 0 Å². The molecule has 13 heavy (non-hydrogen) atoms. The Morgan fingerprint density at radius 3 is 2.77 bits per heavy atom. The van der Waals surface area contributed by atoms with Crippen LogP contribution in [0.4, 0.5) is 0 Å². The SMILES string of the molecule is C=C(C)CN(C)Cc1ccc(Br)s1. The summed E-state index contributed by atoms with van der Waals surface area (Å²) in [7, 11) is 2.11. The molecule has 0 fully saturated rings. The van der Waals surface area contributed by atoms with E-state index in [1.807, 2.05) is 0 Å². The van der Waals surface area contributed by atoms with Crippen LogP contribution in [0.15, 0.2) is 28.1 Å². The lowest BCUT2D eigenvalue weighted by Crippen LogP contribution is -2.18. The fraction of sp³-hybridized carbons (Fsp3) is 0.400. The molecule has 0 atom stereocenters. The van der Waals surface area contributed by atoms with Gasteiger partial charge in [-0.2, -0.15) is 0 Å². The van der Waals surface area contributed by atoms with E-state index >= 15 is 0 Å². The molecule has 0 radical (unpaired) electrons. The summed E-state index contributed by atoms with van der Waals surface area (Å²) in [6, 6.07) is 4.25. The van der Waals surface area contributed by atoms with Crippen LogP contribution in [0.2, 0.25) is 0 Å². The molecule has 0 amide bonds. The van der Waals surface area contributed by atoms with E-state index in [-0.39, 0.29) is 0 Å². The predicted octanol–water partition coefficient (Wildman–Crippen LogP) is 3.52. The molecule has 0 unspecified atom stereocenters. The Balaban J connectivity index is 2.44. The van der Waals surface area contributed by atoms with Crippen molar-refractivity contribution in [2.45, 2.75) is 13.5 Å². The fourth-order valence-corrected chi connectivity index (χ4v) is 2.78. The monoisotopic (exact) mass is 259 g/mol. The molecule has 1 aromatic heterocycles. The number of hydrogen-bond donors (Lipinski definition) is 0. The van der Waals surface area contributed by atoms with Gasteiger partial charge in [-0.05, 0) is 42.0 Å². The zero-order chi connectivity index (χ0) is 9.84. The molecule has 0 aliphatic carbocycles. The van der Waals surface area contributed by atoms with Crippen molar-refractivity contribution >= 4 is 27.3 Å². The first-order valence-corrected chi connectivity index (χ1v) is 5.76. The Kier molecular flexibility index (Phi) is 4.16. The van der Waals surface area contributed by atoms with Crippen LogP contribution in [0.5, 0.6) is 0 Å². The Morgan fingerprint density at radius 1 is 1.62 bits per heavy atom. The second-order valence-corrected chi connectivity index (χ2v) is 5.88. The van der Waals surface area contributed by atoms with Gasteiger partial charge in [0.1, 0.15) is 0 Å². The lowest BCUT2D eigenvalue weighted by molar-refractivity contribution is 0.359.